The van der Waals surface area contributed by atoms with Crippen LogP contribution in [0.5, 0.6) is 0 Å². The van der Waals surface area contributed by atoms with Crippen LogP contribution in [0.25, 0.3) is 0 Å². The van der Waals surface area contributed by atoms with Crippen molar-refractivity contribution < 1.29 is 0 Å². The summed E-state index contributed by atoms with van der Waals surface area (Å²) in [5, 5.41) is 4.51. The third-order valence-electron chi connectivity index (χ3n) is 3.50. The van der Waals surface area contributed by atoms with Gasteiger partial charge in [-0.1, -0.05) is 43.7 Å². The standard InChI is InChI=1S/C17H25N3S/c1-5-15-16(11-18-6-2)21-17(19-15)20(4)12-14-9-7-13(3)8-10-14/h7-10,18H,5-6,11-12H2,1-4H3. The molecule has 0 saturated heterocycles. The summed E-state index contributed by atoms with van der Waals surface area (Å²) in [6.07, 6.45) is 0.996. The van der Waals surface area contributed by atoms with Gasteiger partial charge in [0, 0.05) is 25.0 Å². The zero-order valence-corrected chi connectivity index (χ0v) is 14.3. The summed E-state index contributed by atoms with van der Waals surface area (Å²) < 4.78 is 0. The van der Waals surface area contributed by atoms with E-state index in [1.54, 1.807) is 11.3 Å². The Morgan fingerprint density at radius 3 is 2.52 bits per heavy atom. The van der Waals surface area contributed by atoms with E-state index in [9.17, 15) is 0 Å². The van der Waals surface area contributed by atoms with Crippen molar-refractivity contribution in [2.45, 2.75) is 40.3 Å². The predicted molar refractivity (Wildman–Crippen MR) is 92.2 cm³/mol. The fraction of sp³-hybridized carbons (Fsp3) is 0.471. The molecule has 3 nitrogen and oxygen atoms in total. The minimum atomic E-state index is 0.900. The van der Waals surface area contributed by atoms with E-state index in [4.69, 9.17) is 4.98 Å². The van der Waals surface area contributed by atoms with Gasteiger partial charge in [-0.3, -0.25) is 0 Å². The lowest BCUT2D eigenvalue weighted by Crippen LogP contribution is -2.16. The van der Waals surface area contributed by atoms with Crippen molar-refractivity contribution in [3.05, 3.63) is 46.0 Å². The Hall–Kier alpha value is -1.39. The van der Waals surface area contributed by atoms with Crippen molar-refractivity contribution in [3.63, 3.8) is 0 Å². The number of thiazole rings is 1. The van der Waals surface area contributed by atoms with Crippen LogP contribution >= 0.6 is 11.3 Å². The van der Waals surface area contributed by atoms with Crippen LogP contribution in [-0.4, -0.2) is 18.6 Å². The molecule has 0 atom stereocenters. The molecule has 4 heteroatoms. The van der Waals surface area contributed by atoms with Gasteiger partial charge in [-0.25, -0.2) is 4.98 Å². The first-order chi connectivity index (χ1) is 10.1. The van der Waals surface area contributed by atoms with Crippen molar-refractivity contribution in [3.8, 4) is 0 Å². The average Bonchev–Trinajstić information content (AvgIpc) is 2.91. The molecule has 1 aromatic carbocycles. The molecule has 0 spiro atoms. The summed E-state index contributed by atoms with van der Waals surface area (Å²) in [7, 11) is 2.12. The molecule has 1 aromatic heterocycles. The van der Waals surface area contributed by atoms with Crippen molar-refractivity contribution in [2.75, 3.05) is 18.5 Å². The highest BCUT2D eigenvalue weighted by Crippen LogP contribution is 2.27. The zero-order chi connectivity index (χ0) is 15.2. The topological polar surface area (TPSA) is 28.2 Å². The molecular formula is C17H25N3S. The normalized spacial score (nSPS) is 10.9. The number of nitrogens with zero attached hydrogens (tertiary/aromatic N) is 2. The molecule has 1 heterocycles. The summed E-state index contributed by atoms with van der Waals surface area (Å²) in [4.78, 5) is 8.41. The Labute approximate surface area is 132 Å². The van der Waals surface area contributed by atoms with Crippen molar-refractivity contribution >= 4 is 16.5 Å². The smallest absolute Gasteiger partial charge is 0.185 e. The molecule has 0 amide bonds. The molecule has 0 fully saturated rings. The van der Waals surface area contributed by atoms with Crippen LogP contribution in [0.4, 0.5) is 5.13 Å². The van der Waals surface area contributed by atoms with Crippen LogP contribution in [0.15, 0.2) is 24.3 Å². The first kappa shape index (κ1) is 16.0. The second-order valence-electron chi connectivity index (χ2n) is 5.34. The van der Waals surface area contributed by atoms with Crippen molar-refractivity contribution in [1.82, 2.24) is 10.3 Å². The SMILES string of the molecule is CCNCc1sc(N(C)Cc2ccc(C)cc2)nc1CC. The van der Waals surface area contributed by atoms with Gasteiger partial charge < -0.3 is 10.2 Å². The van der Waals surface area contributed by atoms with E-state index in [-0.39, 0.29) is 0 Å². The minimum absolute atomic E-state index is 0.900. The summed E-state index contributed by atoms with van der Waals surface area (Å²) >= 11 is 1.81. The first-order valence-electron chi connectivity index (χ1n) is 7.60. The maximum absolute atomic E-state index is 4.80. The van der Waals surface area contributed by atoms with Gasteiger partial charge in [0.15, 0.2) is 5.13 Å². The van der Waals surface area contributed by atoms with Gasteiger partial charge in [-0.15, -0.1) is 11.3 Å². The highest BCUT2D eigenvalue weighted by molar-refractivity contribution is 7.15. The fourth-order valence-corrected chi connectivity index (χ4v) is 3.30. The molecule has 2 aromatic rings. The molecule has 1 N–H and O–H groups in total. The fourth-order valence-electron chi connectivity index (χ4n) is 2.22. The van der Waals surface area contributed by atoms with Gasteiger partial charge in [0.2, 0.25) is 0 Å². The van der Waals surface area contributed by atoms with E-state index in [1.165, 1.54) is 21.7 Å². The van der Waals surface area contributed by atoms with Gasteiger partial charge in [-0.05, 0) is 25.5 Å². The average molecular weight is 303 g/mol. The van der Waals surface area contributed by atoms with E-state index in [2.05, 4.69) is 62.3 Å². The number of benzene rings is 1. The van der Waals surface area contributed by atoms with Crippen molar-refractivity contribution in [2.24, 2.45) is 0 Å². The number of hydrogen-bond acceptors (Lipinski definition) is 4. The largest absolute Gasteiger partial charge is 0.347 e. The highest BCUT2D eigenvalue weighted by Gasteiger charge is 2.12. The Morgan fingerprint density at radius 2 is 1.90 bits per heavy atom. The molecule has 0 aliphatic rings. The highest BCUT2D eigenvalue weighted by atomic mass is 32.1. The molecule has 0 radical (unpaired) electrons. The van der Waals surface area contributed by atoms with Crippen LogP contribution in [0.2, 0.25) is 0 Å². The van der Waals surface area contributed by atoms with Crippen LogP contribution in [0.1, 0.15) is 35.5 Å². The Morgan fingerprint density at radius 1 is 1.19 bits per heavy atom. The summed E-state index contributed by atoms with van der Waals surface area (Å²) in [5.41, 5.74) is 3.85. The molecule has 114 valence electrons. The predicted octanol–water partition coefficient (Wildman–Crippen LogP) is 3.76. The van der Waals surface area contributed by atoms with Gasteiger partial charge in [0.25, 0.3) is 0 Å². The number of aromatic nitrogens is 1. The lowest BCUT2D eigenvalue weighted by molar-refractivity contribution is 0.727. The quantitative estimate of drug-likeness (QED) is 0.844. The summed E-state index contributed by atoms with van der Waals surface area (Å²) in [5.74, 6) is 0. The Bertz CT molecular complexity index is 560. The monoisotopic (exact) mass is 303 g/mol. The van der Waals surface area contributed by atoms with Gasteiger partial charge in [0.1, 0.15) is 0 Å². The third-order valence-corrected chi connectivity index (χ3v) is 4.72. The summed E-state index contributed by atoms with van der Waals surface area (Å²) in [6, 6.07) is 8.72. The Balaban J connectivity index is 2.09. The van der Waals surface area contributed by atoms with Crippen LogP contribution in [-0.2, 0) is 19.5 Å². The first-order valence-corrected chi connectivity index (χ1v) is 8.41. The molecule has 0 bridgehead atoms. The van der Waals surface area contributed by atoms with Gasteiger partial charge >= 0.3 is 0 Å². The Kier molecular flexibility index (Phi) is 5.76. The molecule has 0 saturated carbocycles. The maximum atomic E-state index is 4.80. The molecule has 0 aliphatic heterocycles. The van der Waals surface area contributed by atoms with Gasteiger partial charge in [-0.2, -0.15) is 0 Å². The van der Waals surface area contributed by atoms with Gasteiger partial charge in [0.05, 0.1) is 5.69 Å². The second-order valence-corrected chi connectivity index (χ2v) is 6.40. The van der Waals surface area contributed by atoms with E-state index in [1.807, 2.05) is 0 Å². The lowest BCUT2D eigenvalue weighted by Gasteiger charge is -2.15. The van der Waals surface area contributed by atoms with Crippen molar-refractivity contribution in [1.29, 1.82) is 0 Å². The number of aryl methyl sites for hydroxylation is 2. The molecule has 2 rings (SSSR count). The molecule has 0 aliphatic carbocycles. The zero-order valence-electron chi connectivity index (χ0n) is 13.4. The molecule has 21 heavy (non-hydrogen) atoms. The molecular weight excluding hydrogens is 278 g/mol. The third kappa shape index (κ3) is 4.29. The summed E-state index contributed by atoms with van der Waals surface area (Å²) in [6.45, 7) is 9.25. The minimum Gasteiger partial charge on any atom is -0.347 e. The van der Waals surface area contributed by atoms with E-state index < -0.39 is 0 Å². The van der Waals surface area contributed by atoms with E-state index in [0.717, 1.165) is 31.2 Å². The van der Waals surface area contributed by atoms with E-state index >= 15 is 0 Å². The van der Waals surface area contributed by atoms with Crippen LogP contribution in [0, 0.1) is 6.92 Å². The van der Waals surface area contributed by atoms with Crippen LogP contribution in [0.3, 0.4) is 0 Å². The maximum Gasteiger partial charge on any atom is 0.185 e. The van der Waals surface area contributed by atoms with Crippen LogP contribution < -0.4 is 10.2 Å². The number of hydrogen-bond donors (Lipinski definition) is 1. The molecule has 0 unspecified atom stereocenters. The van der Waals surface area contributed by atoms with E-state index in [0.29, 0.717) is 0 Å². The second kappa shape index (κ2) is 7.57. The lowest BCUT2D eigenvalue weighted by atomic mass is 10.1. The number of rotatable bonds is 7. The number of nitrogens with one attached hydrogen (secondary N) is 1. The number of anilines is 1.